The van der Waals surface area contributed by atoms with Crippen molar-refractivity contribution in [1.29, 1.82) is 0 Å². The average molecular weight is 289 g/mol. The van der Waals surface area contributed by atoms with Crippen molar-refractivity contribution in [2.24, 2.45) is 11.7 Å². The number of aromatic nitrogens is 1. The normalized spacial score (nSPS) is 15.8. The van der Waals surface area contributed by atoms with E-state index in [2.05, 4.69) is 4.98 Å². The summed E-state index contributed by atoms with van der Waals surface area (Å²) in [4.78, 5) is 26.6. The van der Waals surface area contributed by atoms with E-state index in [1.807, 2.05) is 0 Å². The summed E-state index contributed by atoms with van der Waals surface area (Å²) < 4.78 is 37.8. The van der Waals surface area contributed by atoms with Crippen molar-refractivity contribution in [1.82, 2.24) is 4.98 Å². The minimum Gasteiger partial charge on any atom is -0.481 e. The van der Waals surface area contributed by atoms with Crippen LogP contribution in [0.3, 0.4) is 0 Å². The number of carboxylic acids is 1. The topological polar surface area (TPSA) is 96.5 Å². The molecule has 1 aliphatic rings. The van der Waals surface area contributed by atoms with Gasteiger partial charge in [-0.25, -0.2) is 4.98 Å². The lowest BCUT2D eigenvalue weighted by molar-refractivity contribution is -0.143. The van der Waals surface area contributed by atoms with E-state index in [1.54, 1.807) is 0 Å². The molecule has 108 valence electrons. The van der Waals surface area contributed by atoms with E-state index >= 15 is 0 Å². The minimum absolute atomic E-state index is 0.01000. The van der Waals surface area contributed by atoms with E-state index in [4.69, 9.17) is 10.8 Å². The maximum atomic E-state index is 12.6. The second-order valence-electron chi connectivity index (χ2n) is 4.37. The van der Waals surface area contributed by atoms with Gasteiger partial charge in [-0.05, 0) is 12.1 Å². The Kier molecular flexibility index (Phi) is 3.28. The summed E-state index contributed by atoms with van der Waals surface area (Å²) in [6.45, 7) is -0.0200. The highest BCUT2D eigenvalue weighted by Gasteiger charge is 2.38. The molecule has 2 rings (SSSR count). The van der Waals surface area contributed by atoms with Crippen molar-refractivity contribution in [2.45, 2.75) is 6.18 Å². The Labute approximate surface area is 111 Å². The number of carbonyl (C=O) groups is 2. The Morgan fingerprint density at radius 3 is 2.40 bits per heavy atom. The molecule has 0 aliphatic carbocycles. The lowest BCUT2D eigenvalue weighted by Gasteiger charge is -2.38. The van der Waals surface area contributed by atoms with Crippen LogP contribution in [-0.2, 0) is 11.0 Å². The predicted molar refractivity (Wildman–Crippen MR) is 61.1 cm³/mol. The van der Waals surface area contributed by atoms with Crippen molar-refractivity contribution < 1.29 is 27.9 Å². The molecule has 0 spiro atoms. The number of pyridine rings is 1. The Hall–Kier alpha value is -2.32. The number of anilines is 1. The van der Waals surface area contributed by atoms with Crippen LogP contribution in [-0.4, -0.2) is 35.1 Å². The van der Waals surface area contributed by atoms with Gasteiger partial charge in [-0.3, -0.25) is 9.59 Å². The zero-order chi connectivity index (χ0) is 15.1. The molecule has 0 bridgehead atoms. The maximum absolute atomic E-state index is 12.6. The standard InChI is InChI=1S/C11H10F3N3O3/c12-11(13,14)7-2-1-6(8(15)18)9(16-7)17-3-5(4-17)10(19)20/h1-2,5H,3-4H2,(H2,15,18)(H,19,20). The third-order valence-corrected chi connectivity index (χ3v) is 2.96. The summed E-state index contributed by atoms with van der Waals surface area (Å²) in [7, 11) is 0. The van der Waals surface area contributed by atoms with Crippen molar-refractivity contribution in [3.8, 4) is 0 Å². The van der Waals surface area contributed by atoms with Crippen LogP contribution in [0.25, 0.3) is 0 Å². The van der Waals surface area contributed by atoms with Crippen molar-refractivity contribution in [3.63, 3.8) is 0 Å². The molecule has 20 heavy (non-hydrogen) atoms. The summed E-state index contributed by atoms with van der Waals surface area (Å²) in [6, 6.07) is 1.61. The van der Waals surface area contributed by atoms with Crippen LogP contribution in [0, 0.1) is 5.92 Å². The molecule has 2 heterocycles. The van der Waals surface area contributed by atoms with Gasteiger partial charge in [0.1, 0.15) is 11.5 Å². The number of carboxylic acid groups (broad SMARTS) is 1. The monoisotopic (exact) mass is 289 g/mol. The van der Waals surface area contributed by atoms with Crippen LogP contribution in [0.2, 0.25) is 0 Å². The minimum atomic E-state index is -4.65. The molecule has 1 saturated heterocycles. The molecule has 0 unspecified atom stereocenters. The molecule has 6 nitrogen and oxygen atoms in total. The largest absolute Gasteiger partial charge is 0.481 e. The summed E-state index contributed by atoms with van der Waals surface area (Å²) in [5, 5.41) is 8.74. The number of hydrogen-bond donors (Lipinski definition) is 2. The number of alkyl halides is 3. The van der Waals surface area contributed by atoms with E-state index in [9.17, 15) is 22.8 Å². The number of nitrogens with zero attached hydrogens (tertiary/aromatic N) is 2. The molecule has 0 radical (unpaired) electrons. The Morgan fingerprint density at radius 1 is 1.35 bits per heavy atom. The molecule has 0 aromatic carbocycles. The van der Waals surface area contributed by atoms with E-state index in [0.717, 1.165) is 6.07 Å². The lowest BCUT2D eigenvalue weighted by atomic mass is 9.99. The first-order chi connectivity index (χ1) is 9.20. The Bertz CT molecular complexity index is 568. The quantitative estimate of drug-likeness (QED) is 0.854. The van der Waals surface area contributed by atoms with Crippen molar-refractivity contribution in [2.75, 3.05) is 18.0 Å². The fourth-order valence-corrected chi connectivity index (χ4v) is 1.85. The Balaban J connectivity index is 2.34. The highest BCUT2D eigenvalue weighted by Crippen LogP contribution is 2.32. The van der Waals surface area contributed by atoms with Gasteiger partial charge in [0.15, 0.2) is 0 Å². The van der Waals surface area contributed by atoms with Crippen LogP contribution in [0.15, 0.2) is 12.1 Å². The first-order valence-corrected chi connectivity index (χ1v) is 5.56. The molecule has 1 aromatic rings. The average Bonchev–Trinajstić information content (AvgIpc) is 2.24. The lowest BCUT2D eigenvalue weighted by Crippen LogP contribution is -2.51. The van der Waals surface area contributed by atoms with Crippen LogP contribution < -0.4 is 10.6 Å². The van der Waals surface area contributed by atoms with Crippen LogP contribution >= 0.6 is 0 Å². The zero-order valence-electron chi connectivity index (χ0n) is 10.0. The maximum Gasteiger partial charge on any atom is 0.433 e. The number of primary amides is 1. The molecule has 1 aromatic heterocycles. The van der Waals surface area contributed by atoms with Gasteiger partial charge in [-0.2, -0.15) is 13.2 Å². The van der Waals surface area contributed by atoms with Crippen molar-refractivity contribution >= 4 is 17.7 Å². The van der Waals surface area contributed by atoms with Gasteiger partial charge in [-0.15, -0.1) is 0 Å². The van der Waals surface area contributed by atoms with Gasteiger partial charge in [0, 0.05) is 13.1 Å². The smallest absolute Gasteiger partial charge is 0.433 e. The molecule has 3 N–H and O–H groups in total. The second kappa shape index (κ2) is 4.66. The first kappa shape index (κ1) is 14.1. The highest BCUT2D eigenvalue weighted by molar-refractivity contribution is 5.98. The molecule has 0 saturated carbocycles. The van der Waals surface area contributed by atoms with Gasteiger partial charge in [0.05, 0.1) is 11.5 Å². The van der Waals surface area contributed by atoms with Gasteiger partial charge in [-0.1, -0.05) is 0 Å². The molecule has 1 amide bonds. The third-order valence-electron chi connectivity index (χ3n) is 2.96. The summed E-state index contributed by atoms with van der Waals surface area (Å²) in [5.74, 6) is -2.88. The SMILES string of the molecule is NC(=O)c1ccc(C(F)(F)F)nc1N1CC(C(=O)O)C1. The number of rotatable bonds is 3. The Morgan fingerprint density at radius 2 is 1.95 bits per heavy atom. The third kappa shape index (κ3) is 2.51. The fraction of sp³-hybridized carbons (Fsp3) is 0.364. The molecule has 0 atom stereocenters. The molecule has 1 fully saturated rings. The fourth-order valence-electron chi connectivity index (χ4n) is 1.85. The molecular weight excluding hydrogens is 279 g/mol. The van der Waals surface area contributed by atoms with Crippen LogP contribution in [0.5, 0.6) is 0 Å². The number of amides is 1. The van der Waals surface area contributed by atoms with Gasteiger partial charge >= 0.3 is 12.1 Å². The van der Waals surface area contributed by atoms with Gasteiger partial charge in [0.2, 0.25) is 0 Å². The number of carbonyl (C=O) groups excluding carboxylic acids is 1. The van der Waals surface area contributed by atoms with Crippen molar-refractivity contribution in [3.05, 3.63) is 23.4 Å². The van der Waals surface area contributed by atoms with E-state index in [-0.39, 0.29) is 24.5 Å². The molecule has 9 heteroatoms. The summed E-state index contributed by atoms with van der Waals surface area (Å²) in [5.41, 5.74) is 3.76. The van der Waals surface area contributed by atoms with Gasteiger partial charge < -0.3 is 15.7 Å². The predicted octanol–water partition coefficient (Wildman–Crippen LogP) is 0.720. The van der Waals surface area contributed by atoms with Crippen LogP contribution in [0.1, 0.15) is 16.1 Å². The van der Waals surface area contributed by atoms with E-state index < -0.39 is 29.7 Å². The number of halogens is 3. The zero-order valence-corrected chi connectivity index (χ0v) is 10.0. The van der Waals surface area contributed by atoms with Crippen LogP contribution in [0.4, 0.5) is 19.0 Å². The van der Waals surface area contributed by atoms with E-state index in [1.165, 1.54) is 4.90 Å². The second-order valence-corrected chi connectivity index (χ2v) is 4.37. The number of hydrogen-bond acceptors (Lipinski definition) is 4. The number of nitrogens with two attached hydrogens (primary N) is 1. The number of aliphatic carboxylic acids is 1. The van der Waals surface area contributed by atoms with Gasteiger partial charge in [0.25, 0.3) is 5.91 Å². The highest BCUT2D eigenvalue weighted by atomic mass is 19.4. The molecule has 1 aliphatic heterocycles. The first-order valence-electron chi connectivity index (χ1n) is 5.56. The summed E-state index contributed by atoms with van der Waals surface area (Å²) in [6.07, 6.45) is -4.65. The summed E-state index contributed by atoms with van der Waals surface area (Å²) >= 11 is 0. The van der Waals surface area contributed by atoms with E-state index in [0.29, 0.717) is 6.07 Å². The molecular formula is C11H10F3N3O3.